The number of hydrogen-bond acceptors (Lipinski definition) is 4. The Balaban J connectivity index is 1.51. The zero-order valence-corrected chi connectivity index (χ0v) is 15.6. The Morgan fingerprint density at radius 3 is 2.65 bits per heavy atom. The van der Waals surface area contributed by atoms with Gasteiger partial charge in [0, 0.05) is 56.0 Å². The molecule has 3 rings (SSSR count). The minimum atomic E-state index is -0.663. The molecule has 3 amide bonds. The predicted molar refractivity (Wildman–Crippen MR) is 102 cm³/mol. The molecule has 2 saturated heterocycles. The molecular weight excluding hydrogens is 354 g/mol. The Labute approximate surface area is 159 Å². The summed E-state index contributed by atoms with van der Waals surface area (Å²) in [5, 5.41) is 3.14. The zero-order chi connectivity index (χ0) is 18.5. The lowest BCUT2D eigenvalue weighted by Crippen LogP contribution is -2.56. The first-order valence-electron chi connectivity index (χ1n) is 9.08. The second kappa shape index (κ2) is 8.60. The van der Waals surface area contributed by atoms with Crippen LogP contribution in [-0.4, -0.2) is 73.6 Å². The van der Waals surface area contributed by atoms with Gasteiger partial charge in [-0.15, -0.1) is 0 Å². The van der Waals surface area contributed by atoms with Crippen LogP contribution < -0.4 is 16.0 Å². The first-order valence-corrected chi connectivity index (χ1v) is 9.46. The number of urea groups is 1. The summed E-state index contributed by atoms with van der Waals surface area (Å²) in [7, 11) is 0. The van der Waals surface area contributed by atoms with Crippen molar-refractivity contribution in [2.24, 2.45) is 5.73 Å². The summed E-state index contributed by atoms with van der Waals surface area (Å²) in [5.74, 6) is -0.0638. The molecule has 2 heterocycles. The maximum atomic E-state index is 12.2. The van der Waals surface area contributed by atoms with E-state index in [-0.39, 0.29) is 12.5 Å². The molecule has 2 fully saturated rings. The smallest absolute Gasteiger partial charge is 0.312 e. The number of carbonyl (C=O) groups excluding carboxylic acids is 2. The largest absolute Gasteiger partial charge is 0.369 e. The number of nitrogens with two attached hydrogens (primary N) is 1. The molecule has 0 unspecified atom stereocenters. The summed E-state index contributed by atoms with van der Waals surface area (Å²) < 4.78 is 0. The number of amides is 3. The van der Waals surface area contributed by atoms with Crippen molar-refractivity contribution in [1.82, 2.24) is 15.1 Å². The molecule has 1 aromatic carbocycles. The lowest BCUT2D eigenvalue weighted by atomic mass is 10.0. The van der Waals surface area contributed by atoms with Crippen molar-refractivity contribution >= 4 is 29.2 Å². The SMILES string of the molecule is NC(=O)NCC(=O)N1CCC[C@@H](N2CCN(c3cccc(Cl)c3)CC2)C1. The van der Waals surface area contributed by atoms with Crippen molar-refractivity contribution in [2.45, 2.75) is 18.9 Å². The molecule has 8 heteroatoms. The number of primary amides is 1. The van der Waals surface area contributed by atoms with E-state index >= 15 is 0 Å². The molecule has 0 spiro atoms. The highest BCUT2D eigenvalue weighted by molar-refractivity contribution is 6.30. The molecule has 0 aromatic heterocycles. The predicted octanol–water partition coefficient (Wildman–Crippen LogP) is 1.12. The quantitative estimate of drug-likeness (QED) is 0.821. The van der Waals surface area contributed by atoms with E-state index in [4.69, 9.17) is 17.3 Å². The molecule has 1 aromatic rings. The Morgan fingerprint density at radius 1 is 1.19 bits per heavy atom. The maximum Gasteiger partial charge on any atom is 0.312 e. The van der Waals surface area contributed by atoms with Crippen LogP contribution in [0.2, 0.25) is 5.02 Å². The van der Waals surface area contributed by atoms with Crippen molar-refractivity contribution in [3.63, 3.8) is 0 Å². The number of piperidine rings is 1. The average molecular weight is 380 g/mol. The van der Waals surface area contributed by atoms with Gasteiger partial charge in [-0.1, -0.05) is 17.7 Å². The molecule has 26 heavy (non-hydrogen) atoms. The number of hydrogen-bond donors (Lipinski definition) is 2. The van der Waals surface area contributed by atoms with Crippen molar-refractivity contribution in [1.29, 1.82) is 0 Å². The van der Waals surface area contributed by atoms with Crippen LogP contribution in [0.1, 0.15) is 12.8 Å². The first-order chi connectivity index (χ1) is 12.5. The van der Waals surface area contributed by atoms with E-state index in [1.54, 1.807) is 0 Å². The van der Waals surface area contributed by atoms with Gasteiger partial charge in [0.25, 0.3) is 0 Å². The number of nitrogens with zero attached hydrogens (tertiary/aromatic N) is 3. The fourth-order valence-corrected chi connectivity index (χ4v) is 3.96. The van der Waals surface area contributed by atoms with Gasteiger partial charge in [-0.25, -0.2) is 4.79 Å². The molecule has 0 bridgehead atoms. The van der Waals surface area contributed by atoms with Gasteiger partial charge in [0.2, 0.25) is 5.91 Å². The first kappa shape index (κ1) is 18.8. The van der Waals surface area contributed by atoms with Gasteiger partial charge in [0.05, 0.1) is 6.54 Å². The summed E-state index contributed by atoms with van der Waals surface area (Å²) in [6.07, 6.45) is 2.09. The van der Waals surface area contributed by atoms with E-state index < -0.39 is 6.03 Å². The van der Waals surface area contributed by atoms with E-state index in [0.29, 0.717) is 6.04 Å². The monoisotopic (exact) mass is 379 g/mol. The van der Waals surface area contributed by atoms with Gasteiger partial charge < -0.3 is 20.9 Å². The molecule has 7 nitrogen and oxygen atoms in total. The molecule has 0 saturated carbocycles. The highest BCUT2D eigenvalue weighted by atomic mass is 35.5. The van der Waals surface area contributed by atoms with Crippen molar-refractivity contribution in [3.8, 4) is 0 Å². The maximum absolute atomic E-state index is 12.2. The molecule has 2 aliphatic rings. The molecule has 142 valence electrons. The summed E-state index contributed by atoms with van der Waals surface area (Å²) in [6, 6.07) is 7.68. The summed E-state index contributed by atoms with van der Waals surface area (Å²) >= 11 is 6.10. The Kier molecular flexibility index (Phi) is 6.21. The van der Waals surface area contributed by atoms with Gasteiger partial charge in [-0.3, -0.25) is 9.69 Å². The van der Waals surface area contributed by atoms with Crippen molar-refractivity contribution in [3.05, 3.63) is 29.3 Å². The van der Waals surface area contributed by atoms with Gasteiger partial charge in [-0.05, 0) is 31.0 Å². The van der Waals surface area contributed by atoms with Crippen LogP contribution in [0.5, 0.6) is 0 Å². The number of nitrogens with one attached hydrogen (secondary N) is 1. The van der Waals surface area contributed by atoms with Crippen LogP contribution in [0.4, 0.5) is 10.5 Å². The van der Waals surface area contributed by atoms with Crippen molar-refractivity contribution < 1.29 is 9.59 Å². The van der Waals surface area contributed by atoms with E-state index in [2.05, 4.69) is 21.2 Å². The van der Waals surface area contributed by atoms with E-state index in [9.17, 15) is 9.59 Å². The molecule has 1 atom stereocenters. The lowest BCUT2D eigenvalue weighted by Gasteiger charge is -2.44. The zero-order valence-electron chi connectivity index (χ0n) is 14.9. The number of benzene rings is 1. The second-order valence-corrected chi connectivity index (χ2v) is 7.29. The van der Waals surface area contributed by atoms with E-state index in [1.165, 1.54) is 0 Å². The van der Waals surface area contributed by atoms with Gasteiger partial charge in [-0.2, -0.15) is 0 Å². The van der Waals surface area contributed by atoms with Crippen LogP contribution in [0, 0.1) is 0 Å². The van der Waals surface area contributed by atoms with Gasteiger partial charge in [0.15, 0.2) is 0 Å². The molecule has 0 radical (unpaired) electrons. The highest BCUT2D eigenvalue weighted by Crippen LogP contribution is 2.23. The van der Waals surface area contributed by atoms with Crippen LogP contribution in [-0.2, 0) is 4.79 Å². The van der Waals surface area contributed by atoms with Gasteiger partial charge in [0.1, 0.15) is 0 Å². The molecule has 2 aliphatic heterocycles. The van der Waals surface area contributed by atoms with Crippen molar-refractivity contribution in [2.75, 3.05) is 50.7 Å². The van der Waals surface area contributed by atoms with Crippen LogP contribution >= 0.6 is 11.6 Å². The fourth-order valence-electron chi connectivity index (χ4n) is 3.77. The van der Waals surface area contributed by atoms with Crippen LogP contribution in [0.15, 0.2) is 24.3 Å². The number of anilines is 1. The van der Waals surface area contributed by atoms with Crippen LogP contribution in [0.3, 0.4) is 0 Å². The summed E-state index contributed by atoms with van der Waals surface area (Å²) in [5.41, 5.74) is 6.21. The molecule has 0 aliphatic carbocycles. The van der Waals surface area contributed by atoms with E-state index in [0.717, 1.165) is 62.8 Å². The Hall–Kier alpha value is -1.99. The minimum absolute atomic E-state index is 0.0232. The normalized spacial score (nSPS) is 21.5. The van der Waals surface area contributed by atoms with Crippen LogP contribution in [0.25, 0.3) is 0 Å². The standard InChI is InChI=1S/C18H26ClN5O2/c19-14-3-1-4-15(11-14)22-7-9-23(10-8-22)16-5-2-6-24(13-16)17(25)12-21-18(20)26/h1,3-4,11,16H,2,5-10,12-13H2,(H3,20,21,26)/t16-/m1/s1. The lowest BCUT2D eigenvalue weighted by molar-refractivity contribution is -0.132. The highest BCUT2D eigenvalue weighted by Gasteiger charge is 2.30. The minimum Gasteiger partial charge on any atom is -0.369 e. The van der Waals surface area contributed by atoms with Gasteiger partial charge >= 0.3 is 6.03 Å². The molecule has 3 N–H and O–H groups in total. The topological polar surface area (TPSA) is 81.9 Å². The Bertz CT molecular complexity index is 648. The van der Waals surface area contributed by atoms with E-state index in [1.807, 2.05) is 23.1 Å². The third-order valence-corrected chi connectivity index (χ3v) is 5.40. The average Bonchev–Trinajstić information content (AvgIpc) is 2.66. The number of halogens is 1. The number of piperazine rings is 1. The molecular formula is C18H26ClN5O2. The fraction of sp³-hybridized carbons (Fsp3) is 0.556. The number of rotatable bonds is 4. The summed E-state index contributed by atoms with van der Waals surface area (Å²) in [6.45, 7) is 5.29. The number of likely N-dealkylation sites (tertiary alicyclic amines) is 1. The third-order valence-electron chi connectivity index (χ3n) is 5.17. The summed E-state index contributed by atoms with van der Waals surface area (Å²) in [4.78, 5) is 29.7. The third kappa shape index (κ3) is 4.80. The number of carbonyl (C=O) groups is 2. The Morgan fingerprint density at radius 2 is 1.96 bits per heavy atom. The second-order valence-electron chi connectivity index (χ2n) is 6.86.